The number of nitrogens with one attached hydrogen (secondary N) is 1. The number of allylic oxidation sites excluding steroid dienone is 3. The Morgan fingerprint density at radius 1 is 1.42 bits per heavy atom. The third-order valence-corrected chi connectivity index (χ3v) is 1.19. The Kier molecular flexibility index (Phi) is 6.11. The molecule has 2 nitrogen and oxygen atoms in total. The van der Waals surface area contributed by atoms with Crippen LogP contribution in [-0.4, -0.2) is 20.2 Å². The van der Waals surface area contributed by atoms with E-state index in [1.807, 2.05) is 26.1 Å². The Balaban J connectivity index is 3.53. The summed E-state index contributed by atoms with van der Waals surface area (Å²) in [6.45, 7) is 10.9. The molecule has 0 aliphatic heterocycles. The molecule has 1 N–H and O–H groups in total. The van der Waals surface area contributed by atoms with E-state index in [4.69, 9.17) is 4.74 Å². The smallest absolute Gasteiger partial charge is 0.112 e. The molecule has 0 heterocycles. The zero-order chi connectivity index (χ0) is 9.40. The van der Waals surface area contributed by atoms with Crippen LogP contribution in [0.5, 0.6) is 0 Å². The molecule has 0 atom stereocenters. The molecule has 0 spiro atoms. The highest BCUT2D eigenvalue weighted by atomic mass is 16.5. The van der Waals surface area contributed by atoms with Crippen molar-refractivity contribution in [1.29, 1.82) is 0 Å². The van der Waals surface area contributed by atoms with Gasteiger partial charge >= 0.3 is 0 Å². The Morgan fingerprint density at radius 3 is 2.58 bits per heavy atom. The van der Waals surface area contributed by atoms with Crippen molar-refractivity contribution in [2.24, 2.45) is 0 Å². The second kappa shape index (κ2) is 6.68. The molecule has 0 aromatic heterocycles. The molecular formula is C10H17NO. The van der Waals surface area contributed by atoms with E-state index in [2.05, 4.69) is 18.5 Å². The van der Waals surface area contributed by atoms with Crippen LogP contribution in [0.3, 0.4) is 0 Å². The van der Waals surface area contributed by atoms with Gasteiger partial charge in [-0.05, 0) is 20.0 Å². The summed E-state index contributed by atoms with van der Waals surface area (Å²) in [5, 5.41) is 2.98. The van der Waals surface area contributed by atoms with Gasteiger partial charge in [0.05, 0.1) is 0 Å². The van der Waals surface area contributed by atoms with E-state index < -0.39 is 0 Å². The van der Waals surface area contributed by atoms with Gasteiger partial charge in [-0.2, -0.15) is 0 Å². The predicted molar refractivity (Wildman–Crippen MR) is 53.0 cm³/mol. The number of ether oxygens (including phenoxy) is 1. The van der Waals surface area contributed by atoms with Crippen molar-refractivity contribution in [2.75, 3.05) is 20.2 Å². The van der Waals surface area contributed by atoms with E-state index in [0.717, 1.165) is 12.1 Å². The van der Waals surface area contributed by atoms with E-state index in [9.17, 15) is 0 Å². The molecule has 0 unspecified atom stereocenters. The first-order valence-electron chi connectivity index (χ1n) is 3.96. The van der Waals surface area contributed by atoms with Crippen molar-refractivity contribution in [1.82, 2.24) is 5.32 Å². The highest BCUT2D eigenvalue weighted by Gasteiger charge is 1.87. The topological polar surface area (TPSA) is 21.3 Å². The summed E-state index contributed by atoms with van der Waals surface area (Å²) >= 11 is 0. The summed E-state index contributed by atoms with van der Waals surface area (Å²) in [4.78, 5) is 0. The first-order valence-corrected chi connectivity index (χ1v) is 3.96. The largest absolute Gasteiger partial charge is 0.493 e. The lowest BCUT2D eigenvalue weighted by atomic mass is 10.3. The first-order chi connectivity index (χ1) is 5.66. The monoisotopic (exact) mass is 167 g/mol. The van der Waals surface area contributed by atoms with Crippen molar-refractivity contribution in [3.8, 4) is 0 Å². The minimum absolute atomic E-state index is 0.649. The number of likely N-dealkylation sites (N-methyl/N-ethyl adjacent to an activating group) is 1. The van der Waals surface area contributed by atoms with Gasteiger partial charge in [0.2, 0.25) is 0 Å². The summed E-state index contributed by atoms with van der Waals surface area (Å²) in [5.74, 6) is 0.674. The van der Waals surface area contributed by atoms with Gasteiger partial charge < -0.3 is 10.1 Å². The van der Waals surface area contributed by atoms with Crippen LogP contribution in [0.1, 0.15) is 6.92 Å². The number of hydrogen-bond donors (Lipinski definition) is 1. The van der Waals surface area contributed by atoms with Crippen LogP contribution in [0.4, 0.5) is 0 Å². The predicted octanol–water partition coefficient (Wildman–Crippen LogP) is 1.87. The van der Waals surface area contributed by atoms with Crippen LogP contribution >= 0.6 is 0 Å². The quantitative estimate of drug-likeness (QED) is 0.370. The van der Waals surface area contributed by atoms with Crippen LogP contribution in [-0.2, 0) is 4.74 Å². The van der Waals surface area contributed by atoms with E-state index in [1.165, 1.54) is 0 Å². The summed E-state index contributed by atoms with van der Waals surface area (Å²) < 4.78 is 5.25. The lowest BCUT2D eigenvalue weighted by Gasteiger charge is -2.03. The molecule has 0 amide bonds. The van der Waals surface area contributed by atoms with Crippen LogP contribution in [0.25, 0.3) is 0 Å². The van der Waals surface area contributed by atoms with Gasteiger partial charge in [0.25, 0.3) is 0 Å². The average Bonchev–Trinajstić information content (AvgIpc) is 2.01. The van der Waals surface area contributed by atoms with E-state index in [0.29, 0.717) is 12.4 Å². The normalized spacial score (nSPS) is 10.2. The minimum atomic E-state index is 0.649. The van der Waals surface area contributed by atoms with Crippen molar-refractivity contribution in [3.05, 3.63) is 36.6 Å². The van der Waals surface area contributed by atoms with Gasteiger partial charge in [0.1, 0.15) is 12.4 Å². The fourth-order valence-electron chi connectivity index (χ4n) is 0.568. The van der Waals surface area contributed by atoms with Crippen molar-refractivity contribution < 1.29 is 4.74 Å². The zero-order valence-corrected chi connectivity index (χ0v) is 7.89. The SMILES string of the molecule is C=C(C)/C=C\C(=C)OCCNC. The van der Waals surface area contributed by atoms with Crippen LogP contribution < -0.4 is 5.32 Å². The highest BCUT2D eigenvalue weighted by molar-refractivity contribution is 5.19. The van der Waals surface area contributed by atoms with Crippen molar-refractivity contribution in [3.63, 3.8) is 0 Å². The lowest BCUT2D eigenvalue weighted by Crippen LogP contribution is -2.13. The van der Waals surface area contributed by atoms with Gasteiger partial charge in [0, 0.05) is 6.54 Å². The molecule has 0 aromatic rings. The third kappa shape index (κ3) is 7.09. The second-order valence-electron chi connectivity index (χ2n) is 2.60. The van der Waals surface area contributed by atoms with Gasteiger partial charge in [0.15, 0.2) is 0 Å². The molecule has 0 rings (SSSR count). The molecule has 2 heteroatoms. The molecule has 68 valence electrons. The average molecular weight is 167 g/mol. The fraction of sp³-hybridized carbons (Fsp3) is 0.400. The van der Waals surface area contributed by atoms with Crippen molar-refractivity contribution in [2.45, 2.75) is 6.92 Å². The lowest BCUT2D eigenvalue weighted by molar-refractivity contribution is 0.228. The third-order valence-electron chi connectivity index (χ3n) is 1.19. The summed E-state index contributed by atoms with van der Waals surface area (Å²) in [7, 11) is 1.88. The summed E-state index contributed by atoms with van der Waals surface area (Å²) in [6, 6.07) is 0. The summed E-state index contributed by atoms with van der Waals surface area (Å²) in [5.41, 5.74) is 0.994. The summed E-state index contributed by atoms with van der Waals surface area (Å²) in [6.07, 6.45) is 3.69. The Bertz CT molecular complexity index is 182. The molecule has 0 saturated heterocycles. The van der Waals surface area contributed by atoms with E-state index in [-0.39, 0.29) is 0 Å². The standard InChI is InChI=1S/C10H17NO/c1-9(2)5-6-10(3)12-8-7-11-4/h5-6,11H,1,3,7-8H2,2,4H3/b6-5-. The molecule has 0 saturated carbocycles. The highest BCUT2D eigenvalue weighted by Crippen LogP contribution is 1.98. The van der Waals surface area contributed by atoms with Crippen molar-refractivity contribution >= 4 is 0 Å². The molecule has 0 aliphatic rings. The van der Waals surface area contributed by atoms with Gasteiger partial charge in [-0.15, -0.1) is 0 Å². The Morgan fingerprint density at radius 2 is 2.08 bits per heavy atom. The Hall–Kier alpha value is -1.02. The van der Waals surface area contributed by atoms with Gasteiger partial charge in [-0.25, -0.2) is 0 Å². The molecule has 0 bridgehead atoms. The fourth-order valence-corrected chi connectivity index (χ4v) is 0.568. The van der Waals surface area contributed by atoms with Gasteiger partial charge in [-0.3, -0.25) is 0 Å². The molecule has 0 fully saturated rings. The molecule has 12 heavy (non-hydrogen) atoms. The maximum atomic E-state index is 5.25. The molecular weight excluding hydrogens is 150 g/mol. The molecule has 0 aliphatic carbocycles. The van der Waals surface area contributed by atoms with E-state index in [1.54, 1.807) is 0 Å². The maximum absolute atomic E-state index is 5.25. The Labute approximate surface area is 74.6 Å². The molecule has 0 radical (unpaired) electrons. The van der Waals surface area contributed by atoms with Crippen LogP contribution in [0.2, 0.25) is 0 Å². The number of rotatable bonds is 6. The maximum Gasteiger partial charge on any atom is 0.112 e. The zero-order valence-electron chi connectivity index (χ0n) is 7.89. The van der Waals surface area contributed by atoms with E-state index >= 15 is 0 Å². The van der Waals surface area contributed by atoms with Crippen LogP contribution in [0, 0.1) is 0 Å². The second-order valence-corrected chi connectivity index (χ2v) is 2.60. The minimum Gasteiger partial charge on any atom is -0.493 e. The van der Waals surface area contributed by atoms with Gasteiger partial charge in [-0.1, -0.05) is 24.8 Å². The number of hydrogen-bond acceptors (Lipinski definition) is 2. The molecule has 0 aromatic carbocycles. The first kappa shape index (κ1) is 11.0. The van der Waals surface area contributed by atoms with Crippen LogP contribution in [0.15, 0.2) is 36.6 Å².